The highest BCUT2D eigenvalue weighted by molar-refractivity contribution is 7.15. The molecule has 22 heavy (non-hydrogen) atoms. The van der Waals surface area contributed by atoms with Crippen LogP contribution in [0.25, 0.3) is 0 Å². The molecule has 0 fully saturated rings. The van der Waals surface area contributed by atoms with Crippen LogP contribution in [0.4, 0.5) is 5.13 Å². The number of hydrogen-bond acceptors (Lipinski definition) is 5. The van der Waals surface area contributed by atoms with Crippen molar-refractivity contribution in [1.29, 1.82) is 0 Å². The average Bonchev–Trinajstić information content (AvgIpc) is 2.95. The van der Waals surface area contributed by atoms with E-state index in [1.54, 1.807) is 0 Å². The van der Waals surface area contributed by atoms with E-state index in [0.29, 0.717) is 5.13 Å². The highest BCUT2D eigenvalue weighted by Crippen LogP contribution is 2.19. The molecule has 1 aromatic heterocycles. The third-order valence-corrected chi connectivity index (χ3v) is 4.03. The van der Waals surface area contributed by atoms with Crippen LogP contribution in [-0.2, 0) is 11.2 Å². The standard InChI is InChI=1S/C15H20N4OS.ClH/c1-2-3-5-10-12-18-19-15(21-12)17-14(20)13(16)11-8-6-4-7-9-11;/h4,6-9,13H,2-3,5,10,16H2,1H3,(H,17,19,20);1H. The number of aromatic nitrogens is 2. The summed E-state index contributed by atoms with van der Waals surface area (Å²) in [5.41, 5.74) is 6.72. The van der Waals surface area contributed by atoms with Crippen LogP contribution >= 0.6 is 23.7 Å². The Hall–Kier alpha value is -1.50. The Kier molecular flexibility index (Phi) is 8.01. The number of unbranched alkanes of at least 4 members (excludes halogenated alkanes) is 2. The van der Waals surface area contributed by atoms with E-state index in [0.717, 1.165) is 23.4 Å². The summed E-state index contributed by atoms with van der Waals surface area (Å²) >= 11 is 1.41. The molecule has 1 atom stereocenters. The molecule has 1 unspecified atom stereocenters. The summed E-state index contributed by atoms with van der Waals surface area (Å²) in [5.74, 6) is -0.266. The van der Waals surface area contributed by atoms with Crippen LogP contribution in [0.15, 0.2) is 30.3 Å². The van der Waals surface area contributed by atoms with Crippen molar-refractivity contribution in [2.24, 2.45) is 5.73 Å². The molecular weight excluding hydrogens is 320 g/mol. The second-order valence-corrected chi connectivity index (χ2v) is 5.90. The Labute approximate surface area is 140 Å². The first-order chi connectivity index (χ1) is 10.2. The molecule has 1 amide bonds. The van der Waals surface area contributed by atoms with Crippen LogP contribution < -0.4 is 11.1 Å². The van der Waals surface area contributed by atoms with E-state index in [-0.39, 0.29) is 18.3 Å². The van der Waals surface area contributed by atoms with Crippen molar-refractivity contribution in [2.75, 3.05) is 5.32 Å². The number of aryl methyl sites for hydroxylation is 1. The van der Waals surface area contributed by atoms with Gasteiger partial charge >= 0.3 is 0 Å². The summed E-state index contributed by atoms with van der Waals surface area (Å²) in [7, 11) is 0. The fourth-order valence-corrected chi connectivity index (χ4v) is 2.71. The van der Waals surface area contributed by atoms with Crippen LogP contribution in [0.1, 0.15) is 42.8 Å². The zero-order valence-electron chi connectivity index (χ0n) is 12.5. The Bertz CT molecular complexity index is 576. The monoisotopic (exact) mass is 340 g/mol. The number of nitrogens with two attached hydrogens (primary N) is 1. The van der Waals surface area contributed by atoms with Gasteiger partial charge in [-0.25, -0.2) is 0 Å². The van der Waals surface area contributed by atoms with Crippen LogP contribution in [-0.4, -0.2) is 16.1 Å². The van der Waals surface area contributed by atoms with Crippen molar-refractivity contribution in [2.45, 2.75) is 38.6 Å². The molecule has 0 saturated heterocycles. The minimum absolute atomic E-state index is 0. The van der Waals surface area contributed by atoms with Gasteiger partial charge in [0.05, 0.1) is 0 Å². The molecular formula is C15H21ClN4OS. The predicted molar refractivity (Wildman–Crippen MR) is 92.4 cm³/mol. The van der Waals surface area contributed by atoms with Gasteiger partial charge in [-0.1, -0.05) is 61.4 Å². The molecule has 0 aliphatic carbocycles. The summed E-state index contributed by atoms with van der Waals surface area (Å²) in [5, 5.41) is 12.3. The van der Waals surface area contributed by atoms with E-state index in [1.165, 1.54) is 24.2 Å². The van der Waals surface area contributed by atoms with Crippen molar-refractivity contribution < 1.29 is 4.79 Å². The minimum Gasteiger partial charge on any atom is -0.316 e. The number of amides is 1. The average molecular weight is 341 g/mol. The zero-order chi connectivity index (χ0) is 15.1. The first kappa shape index (κ1) is 18.5. The van der Waals surface area contributed by atoms with Gasteiger partial charge in [0.15, 0.2) is 0 Å². The van der Waals surface area contributed by atoms with E-state index in [9.17, 15) is 4.79 Å². The molecule has 0 saturated carbocycles. The van der Waals surface area contributed by atoms with E-state index in [2.05, 4.69) is 22.4 Å². The first-order valence-electron chi connectivity index (χ1n) is 7.14. The minimum atomic E-state index is -0.696. The van der Waals surface area contributed by atoms with Crippen LogP contribution in [0.5, 0.6) is 0 Å². The molecule has 0 spiro atoms. The van der Waals surface area contributed by atoms with Gasteiger partial charge in [-0.3, -0.25) is 10.1 Å². The topological polar surface area (TPSA) is 80.9 Å². The molecule has 1 heterocycles. The second kappa shape index (κ2) is 9.50. The summed E-state index contributed by atoms with van der Waals surface area (Å²) in [6, 6.07) is 8.58. The number of carbonyl (C=O) groups is 1. The number of rotatable bonds is 7. The Morgan fingerprint density at radius 3 is 2.68 bits per heavy atom. The van der Waals surface area contributed by atoms with Crippen LogP contribution in [0, 0.1) is 0 Å². The number of hydrogen-bond donors (Lipinski definition) is 2. The van der Waals surface area contributed by atoms with Gasteiger partial charge in [-0.15, -0.1) is 22.6 Å². The van der Waals surface area contributed by atoms with Crippen molar-refractivity contribution in [3.8, 4) is 0 Å². The molecule has 120 valence electrons. The molecule has 2 aromatic rings. The molecule has 7 heteroatoms. The zero-order valence-corrected chi connectivity index (χ0v) is 14.1. The molecule has 0 aliphatic heterocycles. The maximum atomic E-state index is 12.1. The molecule has 0 bridgehead atoms. The van der Waals surface area contributed by atoms with Gasteiger partial charge in [0, 0.05) is 6.42 Å². The van der Waals surface area contributed by atoms with Crippen LogP contribution in [0.2, 0.25) is 0 Å². The highest BCUT2D eigenvalue weighted by atomic mass is 35.5. The number of carbonyl (C=O) groups excluding carboxylic acids is 1. The van der Waals surface area contributed by atoms with Crippen molar-refractivity contribution in [3.63, 3.8) is 0 Å². The number of nitrogens with one attached hydrogen (secondary N) is 1. The lowest BCUT2D eigenvalue weighted by Gasteiger charge is -2.10. The second-order valence-electron chi connectivity index (χ2n) is 4.84. The van der Waals surface area contributed by atoms with Gasteiger partial charge in [-0.05, 0) is 12.0 Å². The fraction of sp³-hybridized carbons (Fsp3) is 0.400. The molecule has 3 N–H and O–H groups in total. The quantitative estimate of drug-likeness (QED) is 0.757. The van der Waals surface area contributed by atoms with Gasteiger partial charge in [0.25, 0.3) is 0 Å². The van der Waals surface area contributed by atoms with Crippen molar-refractivity contribution in [1.82, 2.24) is 10.2 Å². The molecule has 0 aliphatic rings. The summed E-state index contributed by atoms with van der Waals surface area (Å²) in [4.78, 5) is 12.1. The normalized spacial score (nSPS) is 11.5. The van der Waals surface area contributed by atoms with Crippen molar-refractivity contribution >= 4 is 34.8 Å². The Balaban J connectivity index is 0.00000242. The largest absolute Gasteiger partial charge is 0.316 e. The molecule has 5 nitrogen and oxygen atoms in total. The van der Waals surface area contributed by atoms with Crippen LogP contribution in [0.3, 0.4) is 0 Å². The maximum absolute atomic E-state index is 12.1. The smallest absolute Gasteiger partial charge is 0.247 e. The summed E-state index contributed by atoms with van der Waals surface area (Å²) in [6.07, 6.45) is 4.36. The highest BCUT2D eigenvalue weighted by Gasteiger charge is 2.17. The number of halogens is 1. The van der Waals surface area contributed by atoms with Gasteiger partial charge in [0.2, 0.25) is 11.0 Å². The number of nitrogens with zero attached hydrogens (tertiary/aromatic N) is 2. The lowest BCUT2D eigenvalue weighted by atomic mass is 10.1. The molecule has 0 radical (unpaired) electrons. The number of benzene rings is 1. The number of anilines is 1. The van der Waals surface area contributed by atoms with Gasteiger partial charge < -0.3 is 5.73 Å². The predicted octanol–water partition coefficient (Wildman–Crippen LogP) is 3.33. The Morgan fingerprint density at radius 2 is 2.00 bits per heavy atom. The first-order valence-corrected chi connectivity index (χ1v) is 7.96. The van der Waals surface area contributed by atoms with Gasteiger partial charge in [0.1, 0.15) is 11.0 Å². The fourth-order valence-electron chi connectivity index (χ4n) is 1.93. The third kappa shape index (κ3) is 5.36. The summed E-state index contributed by atoms with van der Waals surface area (Å²) < 4.78 is 0. The lowest BCUT2D eigenvalue weighted by molar-refractivity contribution is -0.117. The lowest BCUT2D eigenvalue weighted by Crippen LogP contribution is -2.27. The molecule has 1 aromatic carbocycles. The van der Waals surface area contributed by atoms with E-state index in [1.807, 2.05) is 30.3 Å². The SMILES string of the molecule is CCCCCc1nnc(NC(=O)C(N)c2ccccc2)s1.Cl. The Morgan fingerprint density at radius 1 is 1.27 bits per heavy atom. The van der Waals surface area contributed by atoms with E-state index >= 15 is 0 Å². The third-order valence-electron chi connectivity index (χ3n) is 3.13. The van der Waals surface area contributed by atoms with E-state index in [4.69, 9.17) is 5.73 Å². The van der Waals surface area contributed by atoms with E-state index < -0.39 is 6.04 Å². The van der Waals surface area contributed by atoms with Crippen molar-refractivity contribution in [3.05, 3.63) is 40.9 Å². The molecule has 2 rings (SSSR count). The summed E-state index contributed by atoms with van der Waals surface area (Å²) in [6.45, 7) is 2.16. The maximum Gasteiger partial charge on any atom is 0.247 e. The van der Waals surface area contributed by atoms with Gasteiger partial charge in [-0.2, -0.15) is 0 Å².